The fourth-order valence-electron chi connectivity index (χ4n) is 1.93. The molecular weight excluding hydrogens is 226 g/mol. The highest BCUT2D eigenvalue weighted by molar-refractivity contribution is 6.31. The average molecular weight is 240 g/mol. The smallest absolute Gasteiger partial charge is 0.162 e. The summed E-state index contributed by atoms with van der Waals surface area (Å²) in [5, 5.41) is 0.650. The molecule has 0 saturated heterocycles. The van der Waals surface area contributed by atoms with Gasteiger partial charge in [0.15, 0.2) is 11.5 Å². The number of benzene rings is 1. The van der Waals surface area contributed by atoms with Gasteiger partial charge in [0.25, 0.3) is 0 Å². The fourth-order valence-corrected chi connectivity index (χ4v) is 2.16. The SMILES string of the molecule is NCc1cc2c(cc1Cl)OCC1(CC1)CO2. The molecule has 2 N–H and O–H groups in total. The molecule has 1 aromatic rings. The Kier molecular flexibility index (Phi) is 2.26. The predicted octanol–water partition coefficient (Wildman–Crippen LogP) is 2.35. The minimum Gasteiger partial charge on any atom is -0.489 e. The van der Waals surface area contributed by atoms with E-state index in [2.05, 4.69) is 0 Å². The molecule has 1 heterocycles. The number of ether oxygens (including phenoxy) is 2. The van der Waals surface area contributed by atoms with E-state index in [1.165, 1.54) is 12.8 Å². The fraction of sp³-hybridized carbons (Fsp3) is 0.500. The standard InChI is InChI=1S/C12H14ClNO2/c13-9-4-11-10(3-8(9)5-14)15-6-12(1-2-12)7-16-11/h3-4H,1-2,5-7,14H2. The zero-order valence-corrected chi connectivity index (χ0v) is 9.72. The summed E-state index contributed by atoms with van der Waals surface area (Å²) in [4.78, 5) is 0. The molecule has 1 aliphatic heterocycles. The number of hydrogen-bond acceptors (Lipinski definition) is 3. The lowest BCUT2D eigenvalue weighted by atomic mass is 10.1. The Morgan fingerprint density at radius 1 is 1.19 bits per heavy atom. The van der Waals surface area contributed by atoms with Gasteiger partial charge in [-0.05, 0) is 24.5 Å². The number of hydrogen-bond donors (Lipinski definition) is 1. The topological polar surface area (TPSA) is 44.5 Å². The van der Waals surface area contributed by atoms with Gasteiger partial charge < -0.3 is 15.2 Å². The summed E-state index contributed by atoms with van der Waals surface area (Å²) >= 11 is 6.09. The van der Waals surface area contributed by atoms with Crippen molar-refractivity contribution in [3.63, 3.8) is 0 Å². The van der Waals surface area contributed by atoms with E-state index < -0.39 is 0 Å². The molecular formula is C12H14ClNO2. The molecule has 1 saturated carbocycles. The van der Waals surface area contributed by atoms with Gasteiger partial charge in [-0.25, -0.2) is 0 Å². The molecule has 0 amide bonds. The van der Waals surface area contributed by atoms with Crippen molar-refractivity contribution in [3.8, 4) is 11.5 Å². The van der Waals surface area contributed by atoms with E-state index >= 15 is 0 Å². The first-order valence-electron chi connectivity index (χ1n) is 5.51. The first-order valence-corrected chi connectivity index (χ1v) is 5.88. The lowest BCUT2D eigenvalue weighted by Crippen LogP contribution is -2.17. The summed E-state index contributed by atoms with van der Waals surface area (Å²) in [6, 6.07) is 3.69. The van der Waals surface area contributed by atoms with Crippen LogP contribution in [-0.4, -0.2) is 13.2 Å². The van der Waals surface area contributed by atoms with Crippen LogP contribution in [0.15, 0.2) is 12.1 Å². The Morgan fingerprint density at radius 3 is 2.38 bits per heavy atom. The normalized spacial score (nSPS) is 20.6. The van der Waals surface area contributed by atoms with Crippen LogP contribution in [0, 0.1) is 5.41 Å². The molecule has 0 unspecified atom stereocenters. The van der Waals surface area contributed by atoms with Crippen LogP contribution in [0.5, 0.6) is 11.5 Å². The molecule has 3 nitrogen and oxygen atoms in total. The monoisotopic (exact) mass is 239 g/mol. The second-order valence-electron chi connectivity index (χ2n) is 4.67. The molecule has 0 radical (unpaired) electrons. The zero-order valence-electron chi connectivity index (χ0n) is 8.96. The van der Waals surface area contributed by atoms with Crippen LogP contribution in [0.3, 0.4) is 0 Å². The third-order valence-electron chi connectivity index (χ3n) is 3.36. The average Bonchev–Trinajstić information content (AvgIpc) is 3.07. The summed E-state index contributed by atoms with van der Waals surface area (Å²) in [6.07, 6.45) is 2.39. The van der Waals surface area contributed by atoms with Crippen LogP contribution in [-0.2, 0) is 6.54 Å². The minimum atomic E-state index is 0.258. The number of halogens is 1. The van der Waals surface area contributed by atoms with Crippen LogP contribution in [0.1, 0.15) is 18.4 Å². The molecule has 4 heteroatoms. The van der Waals surface area contributed by atoms with Crippen molar-refractivity contribution in [2.75, 3.05) is 13.2 Å². The maximum absolute atomic E-state index is 6.09. The van der Waals surface area contributed by atoms with Crippen LogP contribution in [0.2, 0.25) is 5.02 Å². The van der Waals surface area contributed by atoms with Gasteiger partial charge in [0.1, 0.15) is 0 Å². The van der Waals surface area contributed by atoms with Crippen LogP contribution < -0.4 is 15.2 Å². The molecule has 0 bridgehead atoms. The molecule has 1 spiro atoms. The number of fused-ring (bicyclic) bond motifs is 1. The van der Waals surface area contributed by atoms with E-state index in [0.717, 1.165) is 30.3 Å². The molecule has 86 valence electrons. The second kappa shape index (κ2) is 3.54. The van der Waals surface area contributed by atoms with Gasteiger partial charge in [0.05, 0.1) is 13.2 Å². The van der Waals surface area contributed by atoms with Gasteiger partial charge in [-0.2, -0.15) is 0 Å². The van der Waals surface area contributed by atoms with Crippen molar-refractivity contribution in [2.45, 2.75) is 19.4 Å². The van der Waals surface area contributed by atoms with Crippen molar-refractivity contribution in [2.24, 2.45) is 11.1 Å². The molecule has 2 aliphatic rings. The van der Waals surface area contributed by atoms with Crippen molar-refractivity contribution < 1.29 is 9.47 Å². The Bertz CT molecular complexity index is 429. The largest absolute Gasteiger partial charge is 0.489 e. The van der Waals surface area contributed by atoms with Gasteiger partial charge in [-0.1, -0.05) is 11.6 Å². The molecule has 0 atom stereocenters. The number of rotatable bonds is 1. The summed E-state index contributed by atoms with van der Waals surface area (Å²) in [7, 11) is 0. The third-order valence-corrected chi connectivity index (χ3v) is 3.71. The van der Waals surface area contributed by atoms with Crippen molar-refractivity contribution in [3.05, 3.63) is 22.7 Å². The summed E-state index contributed by atoms with van der Waals surface area (Å²) in [5.41, 5.74) is 6.76. The summed E-state index contributed by atoms with van der Waals surface area (Å²) in [6.45, 7) is 1.89. The quantitative estimate of drug-likeness (QED) is 0.818. The first kappa shape index (κ1) is 10.2. The van der Waals surface area contributed by atoms with Crippen LogP contribution in [0.4, 0.5) is 0 Å². The van der Waals surface area contributed by atoms with E-state index in [-0.39, 0.29) is 5.41 Å². The van der Waals surface area contributed by atoms with E-state index in [1.807, 2.05) is 6.07 Å². The highest BCUT2D eigenvalue weighted by Gasteiger charge is 2.46. The van der Waals surface area contributed by atoms with Gasteiger partial charge >= 0.3 is 0 Å². The highest BCUT2D eigenvalue weighted by Crippen LogP contribution is 2.49. The Morgan fingerprint density at radius 2 is 1.81 bits per heavy atom. The number of nitrogens with two attached hydrogens (primary N) is 1. The van der Waals surface area contributed by atoms with E-state index in [1.54, 1.807) is 6.07 Å². The molecule has 3 rings (SSSR count). The first-order chi connectivity index (χ1) is 7.72. The summed E-state index contributed by atoms with van der Waals surface area (Å²) in [5.74, 6) is 1.51. The molecule has 16 heavy (non-hydrogen) atoms. The third kappa shape index (κ3) is 1.64. The minimum absolute atomic E-state index is 0.258. The maximum atomic E-state index is 6.09. The van der Waals surface area contributed by atoms with Gasteiger partial charge in [-0.3, -0.25) is 0 Å². The van der Waals surface area contributed by atoms with E-state index in [4.69, 9.17) is 26.8 Å². The van der Waals surface area contributed by atoms with Crippen molar-refractivity contribution >= 4 is 11.6 Å². The second-order valence-corrected chi connectivity index (χ2v) is 5.08. The molecule has 1 aliphatic carbocycles. The van der Waals surface area contributed by atoms with Crippen molar-refractivity contribution in [1.29, 1.82) is 0 Å². The Hall–Kier alpha value is -0.930. The lowest BCUT2D eigenvalue weighted by molar-refractivity contribution is 0.197. The van der Waals surface area contributed by atoms with Crippen LogP contribution in [0.25, 0.3) is 0 Å². The maximum Gasteiger partial charge on any atom is 0.162 e. The van der Waals surface area contributed by atoms with Crippen LogP contribution >= 0.6 is 11.6 Å². The molecule has 0 aromatic heterocycles. The highest BCUT2D eigenvalue weighted by atomic mass is 35.5. The van der Waals surface area contributed by atoms with Gasteiger partial charge in [0, 0.05) is 23.0 Å². The van der Waals surface area contributed by atoms with E-state index in [9.17, 15) is 0 Å². The zero-order chi connectivity index (χ0) is 11.2. The predicted molar refractivity (Wildman–Crippen MR) is 62.0 cm³/mol. The van der Waals surface area contributed by atoms with Crippen molar-refractivity contribution in [1.82, 2.24) is 0 Å². The van der Waals surface area contributed by atoms with Gasteiger partial charge in [0.2, 0.25) is 0 Å². The van der Waals surface area contributed by atoms with E-state index in [0.29, 0.717) is 11.6 Å². The molecule has 1 aromatic carbocycles. The summed E-state index contributed by atoms with van der Waals surface area (Å²) < 4.78 is 11.5. The van der Waals surface area contributed by atoms with Gasteiger partial charge in [-0.15, -0.1) is 0 Å². The molecule has 1 fully saturated rings. The Balaban J connectivity index is 1.94. The lowest BCUT2D eigenvalue weighted by Gasteiger charge is -2.09. The Labute approximate surface area is 99.5 Å².